The Kier molecular flexibility index (Phi) is 3.97. The highest BCUT2D eigenvalue weighted by Crippen LogP contribution is 2.24. The second-order valence-corrected chi connectivity index (χ2v) is 5.39. The van der Waals surface area contributed by atoms with Gasteiger partial charge in [0.05, 0.1) is 0 Å². The van der Waals surface area contributed by atoms with Gasteiger partial charge in [-0.05, 0) is 36.4 Å². The number of nitrogens with one attached hydrogen (secondary N) is 1. The lowest BCUT2D eigenvalue weighted by Crippen LogP contribution is -2.43. The van der Waals surface area contributed by atoms with Crippen LogP contribution in [0.5, 0.6) is 0 Å². The predicted molar refractivity (Wildman–Crippen MR) is 71.1 cm³/mol. The lowest BCUT2D eigenvalue weighted by atomic mass is 10.1. The fourth-order valence-electron chi connectivity index (χ4n) is 2.10. The number of amides is 1. The molecule has 17 heavy (non-hydrogen) atoms. The van der Waals surface area contributed by atoms with Gasteiger partial charge in [0.2, 0.25) is 5.91 Å². The zero-order valence-electron chi connectivity index (χ0n) is 10.1. The van der Waals surface area contributed by atoms with E-state index in [0.717, 1.165) is 19.5 Å². The Morgan fingerprint density at radius 3 is 3.35 bits per heavy atom. The summed E-state index contributed by atoms with van der Waals surface area (Å²) in [6, 6.07) is 2.58. The zero-order valence-corrected chi connectivity index (χ0v) is 10.9. The average molecular weight is 250 g/mol. The maximum Gasteiger partial charge on any atom is 0.243 e. The van der Waals surface area contributed by atoms with Gasteiger partial charge in [-0.3, -0.25) is 9.69 Å². The van der Waals surface area contributed by atoms with Gasteiger partial charge in [-0.2, -0.15) is 0 Å². The monoisotopic (exact) mass is 250 g/mol. The molecule has 0 aliphatic carbocycles. The van der Waals surface area contributed by atoms with Gasteiger partial charge in [-0.25, -0.2) is 0 Å². The smallest absolute Gasteiger partial charge is 0.243 e. The van der Waals surface area contributed by atoms with Crippen LogP contribution in [0.1, 0.15) is 17.4 Å². The summed E-state index contributed by atoms with van der Waals surface area (Å²) in [7, 11) is 0. The van der Waals surface area contributed by atoms with Crippen LogP contribution in [-0.4, -0.2) is 29.9 Å². The third kappa shape index (κ3) is 2.96. The minimum absolute atomic E-state index is 0.0925. The molecule has 0 saturated heterocycles. The van der Waals surface area contributed by atoms with Gasteiger partial charge in [0, 0.05) is 30.6 Å². The highest BCUT2D eigenvalue weighted by molar-refractivity contribution is 7.10. The molecule has 1 unspecified atom stereocenters. The van der Waals surface area contributed by atoms with Crippen LogP contribution < -0.4 is 5.32 Å². The normalized spacial score (nSPS) is 17.2. The van der Waals surface area contributed by atoms with Crippen molar-refractivity contribution in [1.82, 2.24) is 10.2 Å². The molecule has 0 bridgehead atoms. The van der Waals surface area contributed by atoms with E-state index in [1.165, 1.54) is 16.5 Å². The molecule has 1 aliphatic heterocycles. The van der Waals surface area contributed by atoms with Crippen LogP contribution in [0.3, 0.4) is 0 Å². The zero-order chi connectivity index (χ0) is 12.3. The van der Waals surface area contributed by atoms with E-state index in [0.29, 0.717) is 12.6 Å². The molecule has 0 radical (unpaired) electrons. The van der Waals surface area contributed by atoms with Gasteiger partial charge in [0.1, 0.15) is 0 Å². The molecule has 1 aromatic heterocycles. The lowest BCUT2D eigenvalue weighted by Gasteiger charge is -2.32. The van der Waals surface area contributed by atoms with Crippen LogP contribution in [0.15, 0.2) is 24.1 Å². The molecule has 92 valence electrons. The van der Waals surface area contributed by atoms with Crippen molar-refractivity contribution in [2.45, 2.75) is 25.9 Å². The number of carbonyl (C=O) groups excluding carboxylic acids is 1. The molecule has 1 aliphatic rings. The van der Waals surface area contributed by atoms with Crippen LogP contribution in [0.2, 0.25) is 0 Å². The fourth-order valence-corrected chi connectivity index (χ4v) is 2.99. The van der Waals surface area contributed by atoms with Crippen molar-refractivity contribution in [3.8, 4) is 0 Å². The molecular formula is C13H18N2OS. The summed E-state index contributed by atoms with van der Waals surface area (Å²) >= 11 is 1.85. The number of thiophene rings is 1. The topological polar surface area (TPSA) is 32.3 Å². The third-order valence-corrected chi connectivity index (χ3v) is 4.24. The van der Waals surface area contributed by atoms with Crippen LogP contribution in [0.25, 0.3) is 0 Å². The molecule has 4 heteroatoms. The molecular weight excluding hydrogens is 232 g/mol. The quantitative estimate of drug-likeness (QED) is 0.826. The third-order valence-electron chi connectivity index (χ3n) is 3.22. The van der Waals surface area contributed by atoms with E-state index in [4.69, 9.17) is 0 Å². The first-order valence-electron chi connectivity index (χ1n) is 5.90. The first kappa shape index (κ1) is 12.3. The van der Waals surface area contributed by atoms with E-state index < -0.39 is 0 Å². The first-order valence-corrected chi connectivity index (χ1v) is 6.78. The Hall–Kier alpha value is -1.13. The molecule has 1 amide bonds. The summed E-state index contributed by atoms with van der Waals surface area (Å²) < 4.78 is 0. The minimum Gasteiger partial charge on any atom is -0.351 e. The Morgan fingerprint density at radius 2 is 2.59 bits per heavy atom. The average Bonchev–Trinajstić information content (AvgIpc) is 2.82. The lowest BCUT2D eigenvalue weighted by molar-refractivity contribution is -0.116. The number of nitrogens with zero attached hydrogens (tertiary/aromatic N) is 1. The van der Waals surface area contributed by atoms with Crippen molar-refractivity contribution in [3.63, 3.8) is 0 Å². The number of hydrogen-bond donors (Lipinski definition) is 1. The molecule has 1 N–H and O–H groups in total. The van der Waals surface area contributed by atoms with Crippen LogP contribution in [-0.2, 0) is 17.8 Å². The number of rotatable bonds is 4. The standard InChI is InChI=1S/C13H18N2OS/c1-3-13(16)14-8-10(2)15-6-4-12-11(9-15)5-7-17-12/h3,5,7,10H,1,4,6,8-9H2,2H3,(H,14,16). The van der Waals surface area contributed by atoms with Crippen molar-refractivity contribution in [2.24, 2.45) is 0 Å². The number of hydrogen-bond acceptors (Lipinski definition) is 3. The predicted octanol–water partition coefficient (Wildman–Crippen LogP) is 1.80. The van der Waals surface area contributed by atoms with Crippen LogP contribution >= 0.6 is 11.3 Å². The summed E-state index contributed by atoms with van der Waals surface area (Å²) in [5.74, 6) is -0.0925. The highest BCUT2D eigenvalue weighted by atomic mass is 32.1. The maximum atomic E-state index is 11.1. The summed E-state index contributed by atoms with van der Waals surface area (Å²) in [4.78, 5) is 15.0. The van der Waals surface area contributed by atoms with E-state index in [2.05, 4.69) is 35.2 Å². The summed E-state index contributed by atoms with van der Waals surface area (Å²) in [5, 5.41) is 5.02. The molecule has 0 fully saturated rings. The van der Waals surface area contributed by atoms with Crippen molar-refractivity contribution >= 4 is 17.2 Å². The second kappa shape index (κ2) is 5.47. The van der Waals surface area contributed by atoms with Gasteiger partial charge < -0.3 is 5.32 Å². The molecule has 1 atom stereocenters. The van der Waals surface area contributed by atoms with Crippen molar-refractivity contribution in [2.75, 3.05) is 13.1 Å². The van der Waals surface area contributed by atoms with Crippen LogP contribution in [0, 0.1) is 0 Å². The molecule has 3 nitrogen and oxygen atoms in total. The number of fused-ring (bicyclic) bond motifs is 1. The summed E-state index contributed by atoms with van der Waals surface area (Å²) in [6.07, 6.45) is 2.45. The van der Waals surface area contributed by atoms with E-state index in [1.54, 1.807) is 0 Å². The Labute approximate surface area is 106 Å². The summed E-state index contributed by atoms with van der Waals surface area (Å²) in [5.41, 5.74) is 1.45. The number of carbonyl (C=O) groups is 1. The van der Waals surface area contributed by atoms with E-state index in [1.807, 2.05) is 11.3 Å². The largest absolute Gasteiger partial charge is 0.351 e. The first-order chi connectivity index (χ1) is 8.20. The van der Waals surface area contributed by atoms with Crippen molar-refractivity contribution in [1.29, 1.82) is 0 Å². The minimum atomic E-state index is -0.0925. The van der Waals surface area contributed by atoms with Crippen molar-refractivity contribution < 1.29 is 4.79 Å². The Bertz CT molecular complexity index is 413. The highest BCUT2D eigenvalue weighted by Gasteiger charge is 2.21. The van der Waals surface area contributed by atoms with Gasteiger partial charge in [-0.1, -0.05) is 6.58 Å². The van der Waals surface area contributed by atoms with E-state index >= 15 is 0 Å². The van der Waals surface area contributed by atoms with Crippen LogP contribution in [0.4, 0.5) is 0 Å². The molecule has 0 saturated carbocycles. The van der Waals surface area contributed by atoms with Crippen molar-refractivity contribution in [3.05, 3.63) is 34.5 Å². The van der Waals surface area contributed by atoms with Gasteiger partial charge >= 0.3 is 0 Å². The van der Waals surface area contributed by atoms with Gasteiger partial charge in [0.25, 0.3) is 0 Å². The fraction of sp³-hybridized carbons (Fsp3) is 0.462. The van der Waals surface area contributed by atoms with Gasteiger partial charge in [0.15, 0.2) is 0 Å². The summed E-state index contributed by atoms with van der Waals surface area (Å²) in [6.45, 7) is 8.37. The molecule has 0 spiro atoms. The van der Waals surface area contributed by atoms with E-state index in [9.17, 15) is 4.79 Å². The SMILES string of the molecule is C=CC(=O)NCC(C)N1CCc2sccc2C1. The second-order valence-electron chi connectivity index (χ2n) is 4.39. The van der Waals surface area contributed by atoms with Gasteiger partial charge in [-0.15, -0.1) is 11.3 Å². The maximum absolute atomic E-state index is 11.1. The Morgan fingerprint density at radius 1 is 1.76 bits per heavy atom. The Balaban J connectivity index is 1.87. The molecule has 2 heterocycles. The van der Waals surface area contributed by atoms with E-state index in [-0.39, 0.29) is 5.91 Å². The molecule has 1 aromatic rings. The molecule has 0 aromatic carbocycles. The molecule has 2 rings (SSSR count).